The van der Waals surface area contributed by atoms with E-state index in [1.54, 1.807) is 179 Å². The van der Waals surface area contributed by atoms with Crippen LogP contribution in [0, 0.1) is 6.92 Å². The lowest BCUT2D eigenvalue weighted by Crippen LogP contribution is -2.29. The van der Waals surface area contributed by atoms with E-state index in [1.165, 1.54) is 64.0 Å². The molecule has 18 rings (SSSR count). The van der Waals surface area contributed by atoms with Crippen LogP contribution in [0.3, 0.4) is 0 Å². The van der Waals surface area contributed by atoms with E-state index in [0.717, 1.165) is 102 Å². The molecule has 3 fully saturated rings. The van der Waals surface area contributed by atoms with E-state index in [-0.39, 0.29) is 103 Å². The second-order valence-corrected chi connectivity index (χ2v) is 38.5. The standard InChI is InChI=1S/C25H31N7O2.C23H25N5O3.C23H24N2O3.C22H24N6O2.C22H23N3O2/c1-31(2)15-12-27-25-26-11-10-21(30-25)19-16-22(24(34)28-17-19)29-23(33)18-6-8-20(9-7-18)32-13-4-3-5-14-32;1-2-31-23-24-11-10-19(27-23)17-14-20(22(30)25-15-17)26-21(29)16-6-8-18(9-7-16)28-12-4-3-5-13-28;1-23(2,3)18-10-8-15(9-11-18)21(26)25-20-13-17(14-24-22(20)27)16-6-5-7-19(12-16)28-4;1-23-19-9-10-24-20(27-19)16-13-18(22(30)25-14-16)26-21(29)15-5-7-17(8-6-15)28-11-3-2-4-12-28;1-14-9-10-23-13-18(14)16-11-19(21(27)24-12-16)25-20(26)15-5-7-17(8-6-15)22(2,3)4/h6-11,16-17H,3-5,12-15H2,1-2H3,(H,28,34)(H,29,33)(H,26,27,30);6-11,14-15H,2-5,12-13H2,1H3,(H,25,30)(H,26,29);5-14H,1-4H3,(H,24,27)(H,25,26);5-10,13-14H,2-4,11-12H2,1H3,(H,25,30)(H,26,29)(H,23,24,27);5-13H,1-4H3,(H,24,27)(H,25,26). The first kappa shape index (κ1) is 108. The number of ether oxygens (including phenoxy) is 2. The molecule has 35 heteroatoms. The molecule has 0 spiro atoms. The molecule has 0 bridgehead atoms. The van der Waals surface area contributed by atoms with Crippen molar-refractivity contribution in [3.05, 3.63) is 358 Å². The summed E-state index contributed by atoms with van der Waals surface area (Å²) in [6.07, 6.45) is 27.2. The minimum absolute atomic E-state index is 0.0111. The molecule has 12 N–H and O–H groups in total. The normalized spacial score (nSPS) is 12.8. The number of rotatable bonds is 26. The van der Waals surface area contributed by atoms with Gasteiger partial charge in [0.2, 0.25) is 5.95 Å². The Labute approximate surface area is 869 Å². The Morgan fingerprint density at radius 3 is 1.17 bits per heavy atom. The highest BCUT2D eigenvalue weighted by molar-refractivity contribution is 6.08. The number of benzene rings is 6. The average Bonchev–Trinajstić information content (AvgIpc) is 0.830. The van der Waals surface area contributed by atoms with E-state index in [4.69, 9.17) is 9.47 Å². The minimum Gasteiger partial charge on any atom is -0.497 e. The summed E-state index contributed by atoms with van der Waals surface area (Å²) in [6.45, 7) is 24.8. The SMILES string of the molecule is CCOc1nccc(-c2c[nH]c(=O)c(NC(=O)c3ccc(N4CCCCC4)cc3)c2)n1.CN(C)CCNc1nccc(-c2c[nH]c(=O)c(NC(=O)c3ccc(N4CCCCC4)cc3)c2)n1.CNc1ccnc(-c2c[nH]c(=O)c(NC(=O)c3ccc(N4CCCCC4)cc3)c2)n1.COc1cccc(-c2c[nH]c(=O)c(NC(=O)c3ccc(C(C)(C)C)cc3)c2)c1.Cc1ccncc1-c1c[nH]c(=O)c(NC(=O)c2ccc(C(C)(C)C)cc2)c1. The van der Waals surface area contributed by atoms with Crippen LogP contribution in [-0.4, -0.2) is 181 Å². The second-order valence-electron chi connectivity index (χ2n) is 38.5. The number of hydrogen-bond donors (Lipinski definition) is 12. The highest BCUT2D eigenvalue weighted by Gasteiger charge is 2.24. The van der Waals surface area contributed by atoms with Gasteiger partial charge in [-0.25, -0.2) is 24.9 Å². The van der Waals surface area contributed by atoms with E-state index in [9.17, 15) is 47.9 Å². The Morgan fingerprint density at radius 1 is 0.400 bits per heavy atom. The van der Waals surface area contributed by atoms with Gasteiger partial charge in [0.1, 0.15) is 40.0 Å². The number of carbonyl (C=O) groups is 5. The quantitative estimate of drug-likeness (QED) is 0.0239. The Morgan fingerprint density at radius 2 is 0.773 bits per heavy atom. The first-order valence-corrected chi connectivity index (χ1v) is 50.0. The highest BCUT2D eigenvalue weighted by atomic mass is 16.5. The van der Waals surface area contributed by atoms with Crippen molar-refractivity contribution in [2.45, 2.75) is 124 Å². The average molecular weight is 2020 g/mol. The lowest BCUT2D eigenvalue weighted by Gasteiger charge is -2.28. The second kappa shape index (κ2) is 51.4. The highest BCUT2D eigenvalue weighted by Crippen LogP contribution is 2.32. The van der Waals surface area contributed by atoms with Crippen molar-refractivity contribution in [3.8, 4) is 67.9 Å². The smallest absolute Gasteiger partial charge is 0.316 e. The van der Waals surface area contributed by atoms with E-state index in [0.29, 0.717) is 92.4 Å². The third kappa shape index (κ3) is 30.1. The first-order valence-electron chi connectivity index (χ1n) is 50.0. The maximum atomic E-state index is 12.8. The van der Waals surface area contributed by atoms with Crippen molar-refractivity contribution in [1.29, 1.82) is 0 Å². The van der Waals surface area contributed by atoms with Gasteiger partial charge in [0, 0.05) is 200 Å². The molecule has 3 saturated heterocycles. The number of methoxy groups -OCH3 is 1. The molecular formula is C115H127N23O12. The fourth-order valence-corrected chi connectivity index (χ4v) is 16.7. The molecule has 6 aromatic carbocycles. The van der Waals surface area contributed by atoms with Crippen molar-refractivity contribution in [1.82, 2.24) is 64.7 Å². The number of aryl methyl sites for hydroxylation is 1. The number of amides is 5. The molecule has 0 unspecified atom stereocenters. The lowest BCUT2D eigenvalue weighted by molar-refractivity contribution is 0.101. The minimum atomic E-state index is -0.388. The number of aromatic amines is 5. The monoisotopic (exact) mass is 2020 g/mol. The molecule has 3 aliphatic rings. The molecule has 12 heterocycles. The molecule has 9 aromatic heterocycles. The molecule has 0 aliphatic carbocycles. The van der Waals surface area contributed by atoms with Crippen molar-refractivity contribution < 1.29 is 33.4 Å². The van der Waals surface area contributed by atoms with Crippen molar-refractivity contribution >= 4 is 86.8 Å². The van der Waals surface area contributed by atoms with Gasteiger partial charge in [-0.2, -0.15) is 4.98 Å². The van der Waals surface area contributed by atoms with Crippen LogP contribution in [0.25, 0.3) is 56.2 Å². The lowest BCUT2D eigenvalue weighted by atomic mass is 9.86. The largest absolute Gasteiger partial charge is 0.497 e. The maximum absolute atomic E-state index is 12.8. The maximum Gasteiger partial charge on any atom is 0.316 e. The number of anilines is 10. The van der Waals surface area contributed by atoms with E-state index >= 15 is 0 Å². The van der Waals surface area contributed by atoms with Crippen LogP contribution in [0.4, 0.5) is 57.3 Å². The Balaban J connectivity index is 0.000000148. The summed E-state index contributed by atoms with van der Waals surface area (Å²) in [5.41, 5.74) is 14.7. The number of hydrogen-bond acceptors (Lipinski definition) is 25. The van der Waals surface area contributed by atoms with E-state index in [1.807, 2.05) is 119 Å². The summed E-state index contributed by atoms with van der Waals surface area (Å²) in [7, 11) is 7.36. The van der Waals surface area contributed by atoms with Crippen LogP contribution in [-0.2, 0) is 10.8 Å². The molecule has 150 heavy (non-hydrogen) atoms. The zero-order valence-electron chi connectivity index (χ0n) is 86.4. The number of pyridine rings is 6. The summed E-state index contributed by atoms with van der Waals surface area (Å²) in [5.74, 6) is 0.665. The Hall–Kier alpha value is -17.6. The van der Waals surface area contributed by atoms with Gasteiger partial charge < -0.3 is 91.2 Å². The van der Waals surface area contributed by atoms with Gasteiger partial charge in [0.25, 0.3) is 57.3 Å². The summed E-state index contributed by atoms with van der Waals surface area (Å²) in [4.78, 5) is 177. The number of piperidine rings is 3. The van der Waals surface area contributed by atoms with Gasteiger partial charge >= 0.3 is 6.01 Å². The van der Waals surface area contributed by atoms with E-state index < -0.39 is 0 Å². The van der Waals surface area contributed by atoms with Crippen molar-refractivity contribution in [2.24, 2.45) is 0 Å². The van der Waals surface area contributed by atoms with E-state index in [2.05, 4.69) is 158 Å². The molecule has 15 aromatic rings. The fraction of sp³-hybridized carbons (Fsp3) is 0.278. The zero-order chi connectivity index (χ0) is 106. The summed E-state index contributed by atoms with van der Waals surface area (Å²) in [6, 6.07) is 60.3. The van der Waals surface area contributed by atoms with Crippen LogP contribution in [0.1, 0.15) is 175 Å². The molecule has 5 amide bonds. The van der Waals surface area contributed by atoms with Gasteiger partial charge in [-0.05, 0) is 283 Å². The Bertz CT molecular complexity index is 7490. The topological polar surface area (TPSA) is 456 Å². The van der Waals surface area contributed by atoms with Gasteiger partial charge in [0.15, 0.2) is 5.82 Å². The summed E-state index contributed by atoms with van der Waals surface area (Å²) in [5, 5.41) is 19.7. The van der Waals surface area contributed by atoms with Gasteiger partial charge in [0.05, 0.1) is 25.1 Å². The molecule has 0 atom stereocenters. The third-order valence-electron chi connectivity index (χ3n) is 25.3. The zero-order valence-corrected chi connectivity index (χ0v) is 86.4. The molecule has 774 valence electrons. The van der Waals surface area contributed by atoms with Crippen LogP contribution >= 0.6 is 0 Å². The summed E-state index contributed by atoms with van der Waals surface area (Å²) < 4.78 is 10.6. The summed E-state index contributed by atoms with van der Waals surface area (Å²) >= 11 is 0. The molecule has 0 saturated carbocycles. The molecular weight excluding hydrogens is 1900 g/mol. The Kier molecular flexibility index (Phi) is 37.1. The predicted molar refractivity (Wildman–Crippen MR) is 594 cm³/mol. The number of carbonyl (C=O) groups excluding carboxylic acids is 5. The van der Waals surface area contributed by atoms with Crippen LogP contribution in [0.15, 0.2) is 286 Å². The number of nitrogens with one attached hydrogen (secondary N) is 12. The first-order chi connectivity index (χ1) is 72.3. The predicted octanol–water partition coefficient (Wildman–Crippen LogP) is 18.5. The van der Waals surface area contributed by atoms with Gasteiger partial charge in [-0.1, -0.05) is 77.9 Å². The number of aromatic nitrogens is 12. The fourth-order valence-electron chi connectivity index (χ4n) is 16.7. The van der Waals surface area contributed by atoms with Crippen LogP contribution in [0.2, 0.25) is 0 Å². The van der Waals surface area contributed by atoms with Gasteiger partial charge in [-0.15, -0.1) is 0 Å². The molecule has 3 aliphatic heterocycles. The molecule has 0 radical (unpaired) electrons. The van der Waals surface area contributed by atoms with Gasteiger partial charge in [-0.3, -0.25) is 52.9 Å². The number of likely N-dealkylation sites (N-methyl/N-ethyl adjacent to an activating group) is 1. The third-order valence-corrected chi connectivity index (χ3v) is 25.3. The number of nitrogens with zero attached hydrogens (tertiary/aromatic N) is 11. The molecule has 35 nitrogen and oxygen atoms in total. The number of H-pyrrole nitrogens is 5. The van der Waals surface area contributed by atoms with Crippen LogP contribution in [0.5, 0.6) is 11.8 Å². The van der Waals surface area contributed by atoms with Crippen LogP contribution < -0.4 is 89.2 Å². The van der Waals surface area contributed by atoms with Crippen molar-refractivity contribution in [2.75, 3.05) is 139 Å². The van der Waals surface area contributed by atoms with Crippen molar-refractivity contribution in [3.63, 3.8) is 0 Å².